The number of ether oxygens (including phenoxy) is 1. The molecule has 2 heterocycles. The first-order valence-corrected chi connectivity index (χ1v) is 7.19. The zero-order chi connectivity index (χ0) is 12.1. The summed E-state index contributed by atoms with van der Waals surface area (Å²) in [5.41, 5.74) is -0.112. The van der Waals surface area contributed by atoms with Crippen molar-refractivity contribution in [3.8, 4) is 0 Å². The van der Waals surface area contributed by atoms with Crippen molar-refractivity contribution < 1.29 is 4.74 Å². The molecule has 0 bridgehead atoms. The smallest absolute Gasteiger partial charge is 0.343 e. The first-order chi connectivity index (χ1) is 8.31. The van der Waals surface area contributed by atoms with Crippen LogP contribution in [0.4, 0.5) is 0 Å². The van der Waals surface area contributed by atoms with Gasteiger partial charge >= 0.3 is 5.69 Å². The van der Waals surface area contributed by atoms with Gasteiger partial charge in [-0.25, -0.2) is 9.89 Å². The number of hydrogen-bond donors (Lipinski definition) is 1. The summed E-state index contributed by atoms with van der Waals surface area (Å²) in [4.78, 5) is 11.5. The van der Waals surface area contributed by atoms with Gasteiger partial charge in [0.15, 0.2) is 5.16 Å². The Morgan fingerprint density at radius 2 is 2.47 bits per heavy atom. The summed E-state index contributed by atoms with van der Waals surface area (Å²) in [6.45, 7) is 3.65. The molecular formula is C11H19N3O2S. The molecular weight excluding hydrogens is 238 g/mol. The van der Waals surface area contributed by atoms with Gasteiger partial charge in [0.2, 0.25) is 0 Å². The van der Waals surface area contributed by atoms with Crippen LogP contribution in [0.15, 0.2) is 9.95 Å². The van der Waals surface area contributed by atoms with E-state index in [9.17, 15) is 4.79 Å². The fraction of sp³-hybridized carbons (Fsp3) is 0.818. The maximum Gasteiger partial charge on any atom is 0.343 e. The largest absolute Gasteiger partial charge is 0.377 e. The summed E-state index contributed by atoms with van der Waals surface area (Å²) in [6.07, 6.45) is 4.79. The zero-order valence-corrected chi connectivity index (χ0v) is 11.0. The Hall–Kier alpha value is -0.750. The Bertz CT molecular complexity index is 396. The molecule has 2 rings (SSSR count). The topological polar surface area (TPSA) is 59.9 Å². The van der Waals surface area contributed by atoms with Crippen LogP contribution >= 0.6 is 11.8 Å². The fourth-order valence-electron chi connectivity index (χ4n) is 1.94. The molecule has 0 spiro atoms. The minimum absolute atomic E-state index is 0.112. The Morgan fingerprint density at radius 1 is 1.59 bits per heavy atom. The standard InChI is InChI=1S/C11H19N3O2S/c1-2-6-14-10(15)12-13-11(14)17-8-9-5-3-4-7-16-9/h9H,2-8H2,1H3,(H,12,15)/t9-/m1/s1. The maximum atomic E-state index is 11.5. The highest BCUT2D eigenvalue weighted by molar-refractivity contribution is 7.99. The Kier molecular flexibility index (Phi) is 4.67. The molecule has 1 aromatic rings. The molecule has 0 radical (unpaired) electrons. The summed E-state index contributed by atoms with van der Waals surface area (Å²) >= 11 is 1.61. The molecule has 1 saturated heterocycles. The minimum atomic E-state index is -0.112. The van der Waals surface area contributed by atoms with Crippen LogP contribution in [0, 0.1) is 0 Å². The van der Waals surface area contributed by atoms with Crippen molar-refractivity contribution in [1.29, 1.82) is 0 Å². The molecule has 5 nitrogen and oxygen atoms in total. The first-order valence-electron chi connectivity index (χ1n) is 6.21. The molecule has 1 aromatic heterocycles. The van der Waals surface area contributed by atoms with E-state index in [2.05, 4.69) is 17.1 Å². The highest BCUT2D eigenvalue weighted by atomic mass is 32.2. The molecule has 1 N–H and O–H groups in total. The van der Waals surface area contributed by atoms with E-state index in [1.54, 1.807) is 16.3 Å². The van der Waals surface area contributed by atoms with E-state index in [4.69, 9.17) is 4.74 Å². The van der Waals surface area contributed by atoms with E-state index in [-0.39, 0.29) is 5.69 Å². The van der Waals surface area contributed by atoms with Crippen molar-refractivity contribution in [2.24, 2.45) is 0 Å². The first kappa shape index (κ1) is 12.7. The van der Waals surface area contributed by atoms with Crippen LogP contribution in [0.5, 0.6) is 0 Å². The van der Waals surface area contributed by atoms with Gasteiger partial charge in [-0.15, -0.1) is 5.10 Å². The molecule has 0 aliphatic carbocycles. The molecule has 96 valence electrons. The number of hydrogen-bond acceptors (Lipinski definition) is 4. The third-order valence-electron chi connectivity index (χ3n) is 2.84. The van der Waals surface area contributed by atoms with E-state index in [1.807, 2.05) is 0 Å². The SMILES string of the molecule is CCCn1c(SC[C@H]2CCCCO2)n[nH]c1=O. The second kappa shape index (κ2) is 6.26. The lowest BCUT2D eigenvalue weighted by Gasteiger charge is -2.21. The molecule has 1 fully saturated rings. The van der Waals surface area contributed by atoms with Gasteiger partial charge in [0.05, 0.1) is 6.10 Å². The molecule has 6 heteroatoms. The third kappa shape index (κ3) is 3.35. The lowest BCUT2D eigenvalue weighted by atomic mass is 10.1. The van der Waals surface area contributed by atoms with Crippen molar-refractivity contribution in [3.05, 3.63) is 10.5 Å². The van der Waals surface area contributed by atoms with E-state index in [1.165, 1.54) is 12.8 Å². The van der Waals surface area contributed by atoms with Crippen LogP contribution in [-0.2, 0) is 11.3 Å². The predicted octanol–water partition coefficient (Wildman–Crippen LogP) is 1.64. The number of nitrogens with zero attached hydrogens (tertiary/aromatic N) is 2. The second-order valence-corrected chi connectivity index (χ2v) is 5.25. The van der Waals surface area contributed by atoms with Crippen molar-refractivity contribution in [2.45, 2.75) is 50.4 Å². The zero-order valence-electron chi connectivity index (χ0n) is 10.1. The number of aromatic amines is 1. The number of rotatable bonds is 5. The van der Waals surface area contributed by atoms with Gasteiger partial charge < -0.3 is 4.74 Å². The van der Waals surface area contributed by atoms with Gasteiger partial charge in [-0.05, 0) is 25.7 Å². The Labute approximate surface area is 105 Å². The van der Waals surface area contributed by atoms with Crippen LogP contribution in [0.25, 0.3) is 0 Å². The summed E-state index contributed by atoms with van der Waals surface area (Å²) in [6, 6.07) is 0. The molecule has 1 aliphatic heterocycles. The van der Waals surface area contributed by atoms with Crippen LogP contribution < -0.4 is 5.69 Å². The van der Waals surface area contributed by atoms with E-state index >= 15 is 0 Å². The number of H-pyrrole nitrogens is 1. The van der Waals surface area contributed by atoms with E-state index < -0.39 is 0 Å². The average molecular weight is 257 g/mol. The molecule has 0 aromatic carbocycles. The van der Waals surface area contributed by atoms with Gasteiger partial charge in [0.25, 0.3) is 0 Å². The fourth-order valence-corrected chi connectivity index (χ4v) is 2.98. The molecule has 17 heavy (non-hydrogen) atoms. The van der Waals surface area contributed by atoms with Crippen LogP contribution in [0.1, 0.15) is 32.6 Å². The minimum Gasteiger partial charge on any atom is -0.377 e. The monoisotopic (exact) mass is 257 g/mol. The number of nitrogens with one attached hydrogen (secondary N) is 1. The Balaban J connectivity index is 1.91. The quantitative estimate of drug-likeness (QED) is 0.815. The highest BCUT2D eigenvalue weighted by Crippen LogP contribution is 2.21. The van der Waals surface area contributed by atoms with Crippen LogP contribution in [0.2, 0.25) is 0 Å². The van der Waals surface area contributed by atoms with E-state index in [0.29, 0.717) is 6.10 Å². The predicted molar refractivity (Wildman–Crippen MR) is 67.5 cm³/mol. The van der Waals surface area contributed by atoms with Crippen molar-refractivity contribution >= 4 is 11.8 Å². The molecule has 0 unspecified atom stereocenters. The van der Waals surface area contributed by atoms with E-state index in [0.717, 1.165) is 36.9 Å². The molecule has 0 saturated carbocycles. The molecule has 1 aliphatic rings. The van der Waals surface area contributed by atoms with Crippen molar-refractivity contribution in [3.63, 3.8) is 0 Å². The van der Waals surface area contributed by atoms with Gasteiger partial charge in [-0.2, -0.15) is 0 Å². The van der Waals surface area contributed by atoms with Gasteiger partial charge in [0.1, 0.15) is 0 Å². The van der Waals surface area contributed by atoms with Crippen molar-refractivity contribution in [1.82, 2.24) is 14.8 Å². The van der Waals surface area contributed by atoms with Gasteiger partial charge in [0, 0.05) is 18.9 Å². The summed E-state index contributed by atoms with van der Waals surface area (Å²) in [7, 11) is 0. The van der Waals surface area contributed by atoms with Gasteiger partial charge in [-0.1, -0.05) is 18.7 Å². The van der Waals surface area contributed by atoms with Crippen molar-refractivity contribution in [2.75, 3.05) is 12.4 Å². The number of thioether (sulfide) groups is 1. The molecule has 0 amide bonds. The maximum absolute atomic E-state index is 11.5. The summed E-state index contributed by atoms with van der Waals surface area (Å²) in [5.74, 6) is 0.883. The second-order valence-electron chi connectivity index (χ2n) is 4.26. The lowest BCUT2D eigenvalue weighted by molar-refractivity contribution is 0.0315. The number of aromatic nitrogens is 3. The van der Waals surface area contributed by atoms with Gasteiger partial charge in [-0.3, -0.25) is 4.57 Å². The third-order valence-corrected chi connectivity index (χ3v) is 3.95. The summed E-state index contributed by atoms with van der Waals surface area (Å²) < 4.78 is 7.36. The highest BCUT2D eigenvalue weighted by Gasteiger charge is 2.16. The normalized spacial score (nSPS) is 20.6. The summed E-state index contributed by atoms with van der Waals surface area (Å²) in [5, 5.41) is 7.34. The Morgan fingerprint density at radius 3 is 3.18 bits per heavy atom. The van der Waals surface area contributed by atoms with Crippen LogP contribution in [0.3, 0.4) is 0 Å². The van der Waals surface area contributed by atoms with Crippen LogP contribution in [-0.4, -0.2) is 33.2 Å². The average Bonchev–Trinajstić information content (AvgIpc) is 2.70. The lowest BCUT2D eigenvalue weighted by Crippen LogP contribution is -2.22. The molecule has 1 atom stereocenters.